The molecule has 0 saturated carbocycles. The lowest BCUT2D eigenvalue weighted by atomic mass is 9.90. The van der Waals surface area contributed by atoms with E-state index in [2.05, 4.69) is 50.7 Å². The first kappa shape index (κ1) is 49.3. The van der Waals surface area contributed by atoms with Crippen LogP contribution in [0.25, 0.3) is 0 Å². The molecule has 276 valence electrons. The molecule has 1 unspecified atom stereocenters. The average Bonchev–Trinajstić information content (AvgIpc) is 3.06. The molecule has 0 spiro atoms. The second kappa shape index (κ2) is 27.8. The Kier molecular flexibility index (Phi) is 28.6. The zero-order valence-electron chi connectivity index (χ0n) is 31.1. The van der Waals surface area contributed by atoms with Gasteiger partial charge in [0, 0.05) is 39.6 Å². The minimum atomic E-state index is -1.50. The lowest BCUT2D eigenvalue weighted by Crippen LogP contribution is -2.44. The van der Waals surface area contributed by atoms with Crippen LogP contribution in [-0.2, 0) is 42.4 Å². The van der Waals surface area contributed by atoms with E-state index in [4.69, 9.17) is 28.1 Å². The summed E-state index contributed by atoms with van der Waals surface area (Å²) in [5.41, 5.74) is 1.69. The Morgan fingerprint density at radius 3 is 1.67 bits per heavy atom. The Morgan fingerprint density at radius 2 is 1.40 bits per heavy atom. The molecular weight excluding hydrogens is 636 g/mol. The van der Waals surface area contributed by atoms with Crippen molar-refractivity contribution >= 4 is 20.4 Å². The average molecular weight is 699 g/mol. The van der Waals surface area contributed by atoms with Gasteiger partial charge in [-0.1, -0.05) is 31.2 Å². The van der Waals surface area contributed by atoms with Gasteiger partial charge in [0.1, 0.15) is 48.5 Å². The molecule has 11 nitrogen and oxygen atoms in total. The fourth-order valence-corrected chi connectivity index (χ4v) is 4.81. The lowest BCUT2D eigenvalue weighted by Gasteiger charge is -2.31. The summed E-state index contributed by atoms with van der Waals surface area (Å²) in [6, 6.07) is 0. The largest absolute Gasteiger partial charge is 0.544 e. The van der Waals surface area contributed by atoms with Crippen molar-refractivity contribution in [3.63, 3.8) is 0 Å². The molecule has 0 aromatic rings. The zero-order valence-corrected chi connectivity index (χ0v) is 32.1. The highest BCUT2D eigenvalue weighted by Crippen LogP contribution is 2.24. The van der Waals surface area contributed by atoms with Gasteiger partial charge in [-0.2, -0.15) is 0 Å². The van der Waals surface area contributed by atoms with Crippen molar-refractivity contribution in [2.75, 3.05) is 35.5 Å². The molecule has 1 heterocycles. The first-order valence-electron chi connectivity index (χ1n) is 15.3. The highest BCUT2D eigenvalue weighted by Gasteiger charge is 2.34. The van der Waals surface area contributed by atoms with Crippen molar-refractivity contribution in [1.82, 2.24) is 0 Å². The third-order valence-electron chi connectivity index (χ3n) is 6.56. The quantitative estimate of drug-likeness (QED) is 0.0656. The number of hydrogen-bond acceptors (Lipinski definition) is 11. The highest BCUT2D eigenvalue weighted by atomic mass is 28.4. The van der Waals surface area contributed by atoms with Crippen LogP contribution < -0.4 is 0 Å². The summed E-state index contributed by atoms with van der Waals surface area (Å²) in [4.78, 5) is 21.4. The number of aliphatic hydroxyl groups excluding tert-OH is 2. The topological polar surface area (TPSA) is 139 Å². The molecule has 8 atom stereocenters. The van der Waals surface area contributed by atoms with Gasteiger partial charge in [-0.15, -0.1) is 26.3 Å². The van der Waals surface area contributed by atoms with E-state index >= 15 is 0 Å². The number of aldehydes is 1. The predicted octanol–water partition coefficient (Wildman–Crippen LogP) is 5.48. The number of aliphatic hydroxyl groups is 2. The van der Waals surface area contributed by atoms with Gasteiger partial charge in [-0.3, -0.25) is 4.79 Å². The molecule has 1 aliphatic rings. The monoisotopic (exact) mass is 698 g/mol. The summed E-state index contributed by atoms with van der Waals surface area (Å²) in [5, 5.41) is 19.3. The normalized spacial score (nSPS) is 19.9. The lowest BCUT2D eigenvalue weighted by molar-refractivity contribution is -0.128. The molecule has 0 saturated heterocycles. The van der Waals surface area contributed by atoms with E-state index in [0.29, 0.717) is 11.9 Å². The van der Waals surface area contributed by atoms with Gasteiger partial charge in [-0.25, -0.2) is 0 Å². The molecule has 0 fully saturated rings. The highest BCUT2D eigenvalue weighted by molar-refractivity contribution is 6.70. The van der Waals surface area contributed by atoms with Gasteiger partial charge in [0.25, 0.3) is 0 Å². The molecule has 12 heteroatoms. The van der Waals surface area contributed by atoms with Crippen LogP contribution in [-0.4, -0.2) is 109 Å². The van der Waals surface area contributed by atoms with E-state index in [1.165, 1.54) is 45.8 Å². The van der Waals surface area contributed by atoms with Gasteiger partial charge < -0.3 is 47.9 Å². The maximum atomic E-state index is 11.6. The first-order chi connectivity index (χ1) is 22.5. The number of hydrogen-bond donors (Lipinski definition) is 2. The molecule has 0 aliphatic carbocycles. The second-order valence-corrected chi connectivity index (χ2v) is 15.7. The maximum Gasteiger partial charge on any atom is 0.242 e. The van der Waals surface area contributed by atoms with E-state index in [9.17, 15) is 19.8 Å². The van der Waals surface area contributed by atoms with E-state index in [1.807, 2.05) is 26.8 Å². The molecule has 0 aromatic carbocycles. The smallest absolute Gasteiger partial charge is 0.242 e. The Bertz CT molecular complexity index is 1020. The predicted molar refractivity (Wildman–Crippen MR) is 194 cm³/mol. The number of ether oxygens (including phenoxy) is 6. The molecule has 2 N–H and O–H groups in total. The summed E-state index contributed by atoms with van der Waals surface area (Å²) in [6.07, 6.45) is 7.47. The minimum absolute atomic E-state index is 0.116. The van der Waals surface area contributed by atoms with E-state index in [-0.39, 0.29) is 23.9 Å². The molecule has 0 amide bonds. The van der Waals surface area contributed by atoms with Gasteiger partial charge in [-0.05, 0) is 46.5 Å². The van der Waals surface area contributed by atoms with E-state index in [0.717, 1.165) is 11.3 Å². The van der Waals surface area contributed by atoms with Gasteiger partial charge in [0.2, 0.25) is 8.32 Å². The van der Waals surface area contributed by atoms with Crippen molar-refractivity contribution in [1.29, 1.82) is 0 Å². The standard InChI is InChI=1S/C11H16O3.C10H18O4.C10H20O2Si.C5H8O2/c1-5-9(13-4)11-8(3)10(12)7(2)6-14-11;1-5-7(13-3)9(11)10(12)8(6-2)14-4;1-7-10(9(2)8-11-3)12-13(4,5)6;1-3-5(4-6)7-2/h5-6,8-9,11H,1H2,2-4H3;5-12H,1-2H2,3-4H3;7-8H,1-6H3;3-5H,1H2,2H3/b;;9-8+,10-7-;/t8-,9+,11?;7-,8-,9-,10-;;5-/m10.0/s1. The maximum absolute atomic E-state index is 11.6. The van der Waals surface area contributed by atoms with Crippen LogP contribution in [0.3, 0.4) is 0 Å². The molecular formula is C36H62O11Si. The fourth-order valence-electron chi connectivity index (χ4n) is 3.87. The van der Waals surface area contributed by atoms with Crippen LogP contribution in [0.4, 0.5) is 0 Å². The SMILES string of the molecule is C/C=C(O[Si](C)(C)C)/C(C)=C/OC.C=C[C@@H](C=O)OC.C=C[C@H](OC)C1OC=C(C)C(=O)[C@H]1C.C=C[C@H](OC)[C@H](O)[C@@H](O)[C@H](C=C)OC. The fraction of sp³-hybridized carbons (Fsp3) is 0.556. The summed E-state index contributed by atoms with van der Waals surface area (Å²) < 4.78 is 35.8. The molecule has 48 heavy (non-hydrogen) atoms. The van der Waals surface area contributed by atoms with E-state index < -0.39 is 38.8 Å². The van der Waals surface area contributed by atoms with Crippen LogP contribution in [0.1, 0.15) is 27.7 Å². The molecule has 0 bridgehead atoms. The van der Waals surface area contributed by atoms with Gasteiger partial charge >= 0.3 is 0 Å². The Morgan fingerprint density at radius 1 is 0.896 bits per heavy atom. The summed E-state index contributed by atoms with van der Waals surface area (Å²) in [7, 11) is 6.04. The molecule has 1 aliphatic heterocycles. The number of Topliss-reactive ketones (excluding diaryl/α,β-unsaturated/α-hetero) is 1. The van der Waals surface area contributed by atoms with Crippen LogP contribution >= 0.6 is 0 Å². The third-order valence-corrected chi connectivity index (χ3v) is 7.39. The Hall–Kier alpha value is -3.10. The second-order valence-electron chi connectivity index (χ2n) is 11.3. The van der Waals surface area contributed by atoms with Crippen LogP contribution in [0.5, 0.6) is 0 Å². The molecule has 0 radical (unpaired) electrons. The van der Waals surface area contributed by atoms with Crippen LogP contribution in [0.2, 0.25) is 19.6 Å². The zero-order chi connectivity index (χ0) is 38.0. The summed E-state index contributed by atoms with van der Waals surface area (Å²) >= 11 is 0. The number of allylic oxidation sites excluding steroid dienone is 3. The Balaban J connectivity index is -0.000000577. The molecule has 1 rings (SSSR count). The Labute approximate surface area is 290 Å². The number of rotatable bonds is 17. The number of ketones is 1. The first-order valence-corrected chi connectivity index (χ1v) is 18.7. The van der Waals surface area contributed by atoms with Crippen molar-refractivity contribution in [3.05, 3.63) is 86.1 Å². The van der Waals surface area contributed by atoms with Crippen molar-refractivity contribution in [2.45, 2.75) is 90.1 Å². The van der Waals surface area contributed by atoms with Gasteiger partial charge in [0.05, 0.1) is 25.6 Å². The minimum Gasteiger partial charge on any atom is -0.544 e. The van der Waals surface area contributed by atoms with Crippen molar-refractivity contribution in [3.8, 4) is 0 Å². The van der Waals surface area contributed by atoms with E-state index in [1.54, 1.807) is 33.5 Å². The van der Waals surface area contributed by atoms with Crippen LogP contribution in [0, 0.1) is 5.92 Å². The summed E-state index contributed by atoms with van der Waals surface area (Å²) in [6.45, 7) is 28.0. The molecule has 0 aromatic heterocycles. The van der Waals surface area contributed by atoms with Gasteiger partial charge in [0.15, 0.2) is 12.1 Å². The van der Waals surface area contributed by atoms with Crippen LogP contribution in [0.15, 0.2) is 86.1 Å². The van der Waals surface area contributed by atoms with Crippen molar-refractivity contribution < 1.29 is 52.6 Å². The number of carbonyl (C=O) groups is 2. The number of carbonyl (C=O) groups excluding carboxylic acids is 2. The third kappa shape index (κ3) is 19.7. The number of methoxy groups -OCH3 is 5. The summed E-state index contributed by atoms with van der Waals surface area (Å²) in [5.74, 6) is 0.870. The van der Waals surface area contributed by atoms with Crippen molar-refractivity contribution in [2.24, 2.45) is 5.92 Å².